The lowest BCUT2D eigenvalue weighted by molar-refractivity contribution is -0.0359. The molecule has 146 valence electrons. The summed E-state index contributed by atoms with van der Waals surface area (Å²) in [6.07, 6.45) is 1.57. The molecule has 4 atom stereocenters. The van der Waals surface area contributed by atoms with Crippen molar-refractivity contribution < 1.29 is 19.0 Å². The summed E-state index contributed by atoms with van der Waals surface area (Å²) in [6.45, 7) is 0.302. The van der Waals surface area contributed by atoms with Gasteiger partial charge in [0.2, 0.25) is 0 Å². The molecule has 2 aliphatic heterocycles. The number of fused-ring (bicyclic) bond motifs is 4. The Morgan fingerprint density at radius 1 is 1.18 bits per heavy atom. The van der Waals surface area contributed by atoms with Crippen LogP contribution in [0.2, 0.25) is 5.02 Å². The van der Waals surface area contributed by atoms with E-state index in [9.17, 15) is 9.50 Å². The summed E-state index contributed by atoms with van der Waals surface area (Å²) in [5.41, 5.74) is 7.51. The van der Waals surface area contributed by atoms with Crippen LogP contribution < -0.4 is 10.5 Å². The summed E-state index contributed by atoms with van der Waals surface area (Å²) in [7, 11) is 0. The second-order valence-corrected chi connectivity index (χ2v) is 8.20. The van der Waals surface area contributed by atoms with Crippen LogP contribution in [0, 0.1) is 11.7 Å². The highest BCUT2D eigenvalue weighted by molar-refractivity contribution is 6.30. The standard InChI is InChI=1S/C21H20ClFN2O3/c22-13-5-12(6-14(23)8-13)11-1-3-18-16(7-11)21(10-27-20(24)25-21)17-9-15(26)2-4-19(17)28-18/h1,3,5-8,15,17,19,26H,2,4,9-10H2,(H2,24,25)/t15-,17-,19-,21-/m1/s1. The van der Waals surface area contributed by atoms with Crippen molar-refractivity contribution in [1.29, 1.82) is 0 Å². The number of ether oxygens (including phenoxy) is 2. The van der Waals surface area contributed by atoms with Crippen LogP contribution in [-0.4, -0.2) is 29.9 Å². The van der Waals surface area contributed by atoms with Crippen LogP contribution in [0.3, 0.4) is 0 Å². The molecule has 0 bridgehead atoms. The second kappa shape index (κ2) is 6.36. The highest BCUT2D eigenvalue weighted by atomic mass is 35.5. The van der Waals surface area contributed by atoms with Crippen molar-refractivity contribution in [3.05, 3.63) is 52.8 Å². The van der Waals surface area contributed by atoms with Crippen LogP contribution in [0.15, 0.2) is 41.4 Å². The molecule has 1 fully saturated rings. The third kappa shape index (κ3) is 2.74. The van der Waals surface area contributed by atoms with E-state index >= 15 is 0 Å². The number of nitrogens with two attached hydrogens (primary N) is 1. The first-order valence-electron chi connectivity index (χ1n) is 9.38. The van der Waals surface area contributed by atoms with E-state index in [2.05, 4.69) is 0 Å². The first kappa shape index (κ1) is 17.8. The average molecular weight is 403 g/mol. The molecule has 3 N–H and O–H groups in total. The van der Waals surface area contributed by atoms with Gasteiger partial charge in [-0.15, -0.1) is 0 Å². The number of rotatable bonds is 1. The van der Waals surface area contributed by atoms with Gasteiger partial charge in [0.15, 0.2) is 0 Å². The van der Waals surface area contributed by atoms with E-state index in [1.54, 1.807) is 6.07 Å². The molecule has 5 nitrogen and oxygen atoms in total. The topological polar surface area (TPSA) is 77.1 Å². The monoisotopic (exact) mass is 402 g/mol. The van der Waals surface area contributed by atoms with Gasteiger partial charge in [-0.05, 0) is 60.7 Å². The third-order valence-electron chi connectivity index (χ3n) is 6.04. The zero-order valence-electron chi connectivity index (χ0n) is 15.1. The van der Waals surface area contributed by atoms with Crippen molar-refractivity contribution in [3.63, 3.8) is 0 Å². The lowest BCUT2D eigenvalue weighted by atomic mass is 9.67. The number of halogens is 2. The molecular formula is C21H20ClFN2O3. The van der Waals surface area contributed by atoms with Gasteiger partial charge in [0.1, 0.15) is 29.8 Å². The summed E-state index contributed by atoms with van der Waals surface area (Å²) < 4.78 is 25.7. The summed E-state index contributed by atoms with van der Waals surface area (Å²) in [5, 5.41) is 10.6. The first-order chi connectivity index (χ1) is 13.4. The SMILES string of the molecule is NC1=N[C@]2(CO1)c1cc(-c3cc(F)cc(Cl)c3)ccc1O[C@@H]1CC[C@@H](O)C[C@H]12. The van der Waals surface area contributed by atoms with Crippen molar-refractivity contribution in [1.82, 2.24) is 0 Å². The lowest BCUT2D eigenvalue weighted by Crippen LogP contribution is -2.51. The van der Waals surface area contributed by atoms with Gasteiger partial charge in [0.25, 0.3) is 6.02 Å². The van der Waals surface area contributed by atoms with Crippen LogP contribution in [0.1, 0.15) is 24.8 Å². The number of amidine groups is 1. The molecular weight excluding hydrogens is 383 g/mol. The van der Waals surface area contributed by atoms with E-state index in [1.807, 2.05) is 18.2 Å². The minimum atomic E-state index is -0.711. The molecule has 2 aromatic rings. The maximum atomic E-state index is 13.9. The summed E-state index contributed by atoms with van der Waals surface area (Å²) in [6, 6.07) is 10.3. The smallest absolute Gasteiger partial charge is 0.283 e. The van der Waals surface area contributed by atoms with Gasteiger partial charge in [0, 0.05) is 16.5 Å². The van der Waals surface area contributed by atoms with Gasteiger partial charge < -0.3 is 20.3 Å². The van der Waals surface area contributed by atoms with Gasteiger partial charge in [0.05, 0.1) is 6.10 Å². The van der Waals surface area contributed by atoms with Crippen LogP contribution in [0.4, 0.5) is 4.39 Å². The maximum Gasteiger partial charge on any atom is 0.283 e. The van der Waals surface area contributed by atoms with Crippen molar-refractivity contribution >= 4 is 17.6 Å². The van der Waals surface area contributed by atoms with Crippen LogP contribution >= 0.6 is 11.6 Å². The zero-order chi connectivity index (χ0) is 19.5. The average Bonchev–Trinajstić information content (AvgIpc) is 3.04. The van der Waals surface area contributed by atoms with E-state index in [0.29, 0.717) is 30.0 Å². The molecule has 1 spiro atoms. The number of aliphatic hydroxyl groups is 1. The lowest BCUT2D eigenvalue weighted by Gasteiger charge is -2.47. The van der Waals surface area contributed by atoms with Gasteiger partial charge in [-0.2, -0.15) is 0 Å². The Morgan fingerprint density at radius 2 is 2.04 bits per heavy atom. The molecule has 5 rings (SSSR count). The highest BCUT2D eigenvalue weighted by Gasteiger charge is 2.55. The summed E-state index contributed by atoms with van der Waals surface area (Å²) in [5.74, 6) is 0.287. The number of nitrogens with zero attached hydrogens (tertiary/aromatic N) is 1. The molecule has 0 amide bonds. The molecule has 0 saturated heterocycles. The molecule has 2 heterocycles. The minimum Gasteiger partial charge on any atom is -0.490 e. The minimum absolute atomic E-state index is 0.0452. The normalized spacial score (nSPS) is 30.8. The number of benzene rings is 2. The Labute approximate surface area is 166 Å². The van der Waals surface area contributed by atoms with Gasteiger partial charge in [-0.3, -0.25) is 0 Å². The fourth-order valence-corrected chi connectivity index (χ4v) is 4.99. The number of aliphatic imine (C=N–C) groups is 1. The third-order valence-corrected chi connectivity index (χ3v) is 6.26. The number of aliphatic hydroxyl groups excluding tert-OH is 1. The first-order valence-corrected chi connectivity index (χ1v) is 9.76. The van der Waals surface area contributed by atoms with Crippen LogP contribution in [-0.2, 0) is 10.3 Å². The largest absolute Gasteiger partial charge is 0.490 e. The zero-order valence-corrected chi connectivity index (χ0v) is 15.8. The maximum absolute atomic E-state index is 13.9. The molecule has 0 radical (unpaired) electrons. The molecule has 0 unspecified atom stereocenters. The van der Waals surface area contributed by atoms with Gasteiger partial charge >= 0.3 is 0 Å². The highest BCUT2D eigenvalue weighted by Crippen LogP contribution is 2.53. The van der Waals surface area contributed by atoms with Crippen molar-refractivity contribution in [2.24, 2.45) is 16.6 Å². The molecule has 28 heavy (non-hydrogen) atoms. The molecule has 1 saturated carbocycles. The predicted molar refractivity (Wildman–Crippen MR) is 104 cm³/mol. The van der Waals surface area contributed by atoms with Crippen LogP contribution in [0.5, 0.6) is 5.75 Å². The molecule has 0 aromatic heterocycles. The number of hydrogen-bond donors (Lipinski definition) is 2. The van der Waals surface area contributed by atoms with Crippen molar-refractivity contribution in [3.8, 4) is 16.9 Å². The quantitative estimate of drug-likeness (QED) is 0.764. The Bertz CT molecular complexity index is 962. The van der Waals surface area contributed by atoms with Crippen molar-refractivity contribution in [2.45, 2.75) is 37.0 Å². The summed E-state index contributed by atoms with van der Waals surface area (Å²) >= 11 is 6.04. The van der Waals surface area contributed by atoms with Gasteiger partial charge in [-0.1, -0.05) is 17.7 Å². The van der Waals surface area contributed by atoms with Crippen LogP contribution in [0.25, 0.3) is 11.1 Å². The van der Waals surface area contributed by atoms with E-state index in [0.717, 1.165) is 23.3 Å². The predicted octanol–water partition coefficient (Wildman–Crippen LogP) is 3.61. The van der Waals surface area contributed by atoms with E-state index in [1.165, 1.54) is 12.1 Å². The van der Waals surface area contributed by atoms with Crippen molar-refractivity contribution in [2.75, 3.05) is 6.61 Å². The molecule has 3 aliphatic rings. The fraction of sp³-hybridized carbons (Fsp3) is 0.381. The molecule has 2 aromatic carbocycles. The van der Waals surface area contributed by atoms with Gasteiger partial charge in [-0.25, -0.2) is 9.38 Å². The van der Waals surface area contributed by atoms with E-state index in [-0.39, 0.29) is 18.0 Å². The molecule has 1 aliphatic carbocycles. The molecule has 7 heteroatoms. The van der Waals surface area contributed by atoms with E-state index < -0.39 is 17.5 Å². The summed E-state index contributed by atoms with van der Waals surface area (Å²) in [4.78, 5) is 4.69. The Kier molecular flexibility index (Phi) is 4.03. The Balaban J connectivity index is 1.67. The van der Waals surface area contributed by atoms with E-state index in [4.69, 9.17) is 31.8 Å². The Hall–Kier alpha value is -2.31. The second-order valence-electron chi connectivity index (χ2n) is 7.76. The Morgan fingerprint density at radius 3 is 2.79 bits per heavy atom. The number of hydrogen-bond acceptors (Lipinski definition) is 5. The fourth-order valence-electron chi connectivity index (χ4n) is 4.77.